The van der Waals surface area contributed by atoms with Crippen molar-refractivity contribution < 1.29 is 22.3 Å². The number of sulfone groups is 1. The van der Waals surface area contributed by atoms with Gasteiger partial charge in [-0.05, 0) is 25.0 Å². The fourth-order valence-corrected chi connectivity index (χ4v) is 3.77. The summed E-state index contributed by atoms with van der Waals surface area (Å²) in [6.45, 7) is 0.773. The molecular weight excluding hydrogens is 271 g/mol. The van der Waals surface area contributed by atoms with E-state index in [1.54, 1.807) is 0 Å². The first-order valence-corrected chi connectivity index (χ1v) is 7.79. The fraction of sp³-hybridized carbons (Fsp3) is 0.462. The first-order chi connectivity index (χ1) is 9.00. The number of ether oxygens (including phenoxy) is 1. The molecule has 19 heavy (non-hydrogen) atoms. The van der Waals surface area contributed by atoms with Crippen LogP contribution in [0.3, 0.4) is 0 Å². The Morgan fingerprint density at radius 1 is 1.26 bits per heavy atom. The standard InChI is InChI=1S/C13H15FO4S/c14-12-4-2-1-3-11(12)13(15)9-19(16,17)10-5-7-18-8-6-10/h1-4,10H,5-9H2. The van der Waals surface area contributed by atoms with Gasteiger partial charge in [0.25, 0.3) is 0 Å². The van der Waals surface area contributed by atoms with Crippen LogP contribution in [-0.2, 0) is 14.6 Å². The van der Waals surface area contributed by atoms with E-state index in [9.17, 15) is 17.6 Å². The van der Waals surface area contributed by atoms with Crippen LogP contribution in [0.1, 0.15) is 23.2 Å². The molecule has 0 amide bonds. The van der Waals surface area contributed by atoms with Gasteiger partial charge in [-0.25, -0.2) is 12.8 Å². The van der Waals surface area contributed by atoms with E-state index in [-0.39, 0.29) is 5.56 Å². The Hall–Kier alpha value is -1.27. The van der Waals surface area contributed by atoms with Crippen LogP contribution in [0, 0.1) is 5.82 Å². The van der Waals surface area contributed by atoms with Crippen LogP contribution in [0.25, 0.3) is 0 Å². The van der Waals surface area contributed by atoms with E-state index in [2.05, 4.69) is 0 Å². The highest BCUT2D eigenvalue weighted by Crippen LogP contribution is 2.18. The highest BCUT2D eigenvalue weighted by atomic mass is 32.2. The number of hydrogen-bond donors (Lipinski definition) is 0. The lowest BCUT2D eigenvalue weighted by Gasteiger charge is -2.21. The number of benzene rings is 1. The molecule has 0 spiro atoms. The molecule has 0 saturated carbocycles. The van der Waals surface area contributed by atoms with E-state index in [0.29, 0.717) is 26.1 Å². The third-order valence-electron chi connectivity index (χ3n) is 3.18. The highest BCUT2D eigenvalue weighted by molar-refractivity contribution is 7.92. The molecule has 0 aliphatic carbocycles. The molecule has 0 aromatic heterocycles. The van der Waals surface area contributed by atoms with Crippen molar-refractivity contribution in [3.05, 3.63) is 35.6 Å². The predicted octanol–water partition coefficient (Wildman–Crippen LogP) is 1.60. The van der Waals surface area contributed by atoms with Gasteiger partial charge in [-0.1, -0.05) is 12.1 Å². The van der Waals surface area contributed by atoms with Gasteiger partial charge in [-0.2, -0.15) is 0 Å². The van der Waals surface area contributed by atoms with E-state index in [0.717, 1.165) is 6.07 Å². The number of rotatable bonds is 4. The van der Waals surface area contributed by atoms with Crippen LogP contribution >= 0.6 is 0 Å². The van der Waals surface area contributed by atoms with Gasteiger partial charge in [0.1, 0.15) is 11.6 Å². The predicted molar refractivity (Wildman–Crippen MR) is 68.4 cm³/mol. The van der Waals surface area contributed by atoms with E-state index in [4.69, 9.17) is 4.74 Å². The van der Waals surface area contributed by atoms with Crippen LogP contribution in [0.5, 0.6) is 0 Å². The van der Waals surface area contributed by atoms with Crippen molar-refractivity contribution in [2.45, 2.75) is 18.1 Å². The summed E-state index contributed by atoms with van der Waals surface area (Å²) in [5.74, 6) is -2.02. The molecule has 0 bridgehead atoms. The summed E-state index contributed by atoms with van der Waals surface area (Å²) in [5, 5.41) is -0.558. The van der Waals surface area contributed by atoms with Crippen molar-refractivity contribution in [1.82, 2.24) is 0 Å². The summed E-state index contributed by atoms with van der Waals surface area (Å²) in [6, 6.07) is 5.42. The van der Waals surface area contributed by atoms with E-state index >= 15 is 0 Å². The Morgan fingerprint density at radius 2 is 1.89 bits per heavy atom. The lowest BCUT2D eigenvalue weighted by Crippen LogP contribution is -2.33. The lowest BCUT2D eigenvalue weighted by atomic mass is 10.1. The fourth-order valence-electron chi connectivity index (χ4n) is 2.10. The summed E-state index contributed by atoms with van der Waals surface area (Å²) in [7, 11) is -3.54. The van der Waals surface area contributed by atoms with Crippen LogP contribution < -0.4 is 0 Å². The topological polar surface area (TPSA) is 60.4 Å². The number of halogens is 1. The van der Waals surface area contributed by atoms with E-state index < -0.39 is 32.4 Å². The largest absolute Gasteiger partial charge is 0.381 e. The minimum absolute atomic E-state index is 0.168. The Kier molecular flexibility index (Phi) is 4.31. The molecule has 0 atom stereocenters. The maximum Gasteiger partial charge on any atom is 0.180 e. The first-order valence-electron chi connectivity index (χ1n) is 6.08. The minimum atomic E-state index is -3.54. The van der Waals surface area contributed by atoms with Crippen LogP contribution in [-0.4, -0.2) is 38.4 Å². The molecule has 104 valence electrons. The average molecular weight is 286 g/mol. The molecule has 1 saturated heterocycles. The summed E-state index contributed by atoms with van der Waals surface area (Å²) in [6.07, 6.45) is 0.791. The molecule has 1 heterocycles. The Morgan fingerprint density at radius 3 is 2.53 bits per heavy atom. The lowest BCUT2D eigenvalue weighted by molar-refractivity contribution is 0.0970. The number of carbonyl (C=O) groups is 1. The molecule has 1 aromatic rings. The summed E-state index contributed by atoms with van der Waals surface area (Å²) < 4.78 is 42.7. The molecule has 1 fully saturated rings. The van der Waals surface area contributed by atoms with Crippen molar-refractivity contribution in [3.8, 4) is 0 Å². The number of carbonyl (C=O) groups excluding carboxylic acids is 1. The molecule has 0 N–H and O–H groups in total. The molecule has 1 aliphatic rings. The van der Waals surface area contributed by atoms with Gasteiger partial charge in [-0.3, -0.25) is 4.79 Å². The summed E-state index contributed by atoms with van der Waals surface area (Å²) >= 11 is 0. The van der Waals surface area contributed by atoms with Crippen molar-refractivity contribution in [3.63, 3.8) is 0 Å². The SMILES string of the molecule is O=C(CS(=O)(=O)C1CCOCC1)c1ccccc1F. The molecule has 1 aromatic carbocycles. The van der Waals surface area contributed by atoms with Crippen molar-refractivity contribution >= 4 is 15.6 Å². The van der Waals surface area contributed by atoms with E-state index in [1.165, 1.54) is 18.2 Å². The van der Waals surface area contributed by atoms with Gasteiger partial charge >= 0.3 is 0 Å². The second-order valence-corrected chi connectivity index (χ2v) is 6.80. The zero-order chi connectivity index (χ0) is 13.9. The average Bonchev–Trinajstić information content (AvgIpc) is 2.39. The summed E-state index contributed by atoms with van der Waals surface area (Å²) in [5.41, 5.74) is -0.168. The van der Waals surface area contributed by atoms with E-state index in [1.807, 2.05) is 0 Å². The van der Waals surface area contributed by atoms with Gasteiger partial charge in [-0.15, -0.1) is 0 Å². The van der Waals surface area contributed by atoms with Crippen molar-refractivity contribution in [2.75, 3.05) is 19.0 Å². The molecule has 2 rings (SSSR count). The number of ketones is 1. The van der Waals surface area contributed by atoms with Crippen LogP contribution in [0.2, 0.25) is 0 Å². The molecule has 6 heteroatoms. The van der Waals surface area contributed by atoms with Crippen molar-refractivity contribution in [1.29, 1.82) is 0 Å². The summed E-state index contributed by atoms with van der Waals surface area (Å²) in [4.78, 5) is 11.9. The molecule has 1 aliphatic heterocycles. The zero-order valence-corrected chi connectivity index (χ0v) is 11.2. The quantitative estimate of drug-likeness (QED) is 0.789. The van der Waals surface area contributed by atoms with Gasteiger partial charge in [0.05, 0.1) is 10.8 Å². The first kappa shape index (κ1) is 14.1. The van der Waals surface area contributed by atoms with Gasteiger partial charge < -0.3 is 4.74 Å². The molecular formula is C13H15FO4S. The Balaban J connectivity index is 2.12. The Labute approximate surface area is 111 Å². The second-order valence-electron chi connectivity index (χ2n) is 4.52. The zero-order valence-electron chi connectivity index (χ0n) is 10.3. The molecule has 0 radical (unpaired) electrons. The third kappa shape index (κ3) is 3.39. The Bertz CT molecular complexity index is 562. The normalized spacial score (nSPS) is 17.3. The van der Waals surface area contributed by atoms with Gasteiger partial charge in [0.15, 0.2) is 15.6 Å². The van der Waals surface area contributed by atoms with Crippen LogP contribution in [0.15, 0.2) is 24.3 Å². The molecule has 4 nitrogen and oxygen atoms in total. The second kappa shape index (κ2) is 5.79. The smallest absolute Gasteiger partial charge is 0.180 e. The number of Topliss-reactive ketones (excluding diaryl/α,β-unsaturated/α-hetero) is 1. The van der Waals surface area contributed by atoms with Crippen molar-refractivity contribution in [2.24, 2.45) is 0 Å². The maximum absolute atomic E-state index is 13.4. The maximum atomic E-state index is 13.4. The van der Waals surface area contributed by atoms with Crippen LogP contribution in [0.4, 0.5) is 4.39 Å². The third-order valence-corrected chi connectivity index (χ3v) is 5.33. The minimum Gasteiger partial charge on any atom is -0.381 e. The van der Waals surface area contributed by atoms with Gasteiger partial charge in [0, 0.05) is 13.2 Å². The monoisotopic (exact) mass is 286 g/mol. The molecule has 0 unspecified atom stereocenters. The highest BCUT2D eigenvalue weighted by Gasteiger charge is 2.30. The van der Waals surface area contributed by atoms with Gasteiger partial charge in [0.2, 0.25) is 0 Å². The number of hydrogen-bond acceptors (Lipinski definition) is 4.